The van der Waals surface area contributed by atoms with Gasteiger partial charge in [-0.3, -0.25) is 0 Å². The van der Waals surface area contributed by atoms with Crippen LogP contribution in [0.25, 0.3) is 0 Å². The summed E-state index contributed by atoms with van der Waals surface area (Å²) in [5.74, 6) is -0.647. The summed E-state index contributed by atoms with van der Waals surface area (Å²) in [4.78, 5) is 6.74. The maximum Gasteiger partial charge on any atom is 0.243 e. The van der Waals surface area contributed by atoms with E-state index in [-0.39, 0.29) is 9.92 Å². The lowest BCUT2D eigenvalue weighted by molar-refractivity contribution is 0.384. The number of hydrogen-bond acceptors (Lipinski definition) is 5. The molecule has 4 rings (SSSR count). The molecule has 0 atom stereocenters. The van der Waals surface area contributed by atoms with Crippen molar-refractivity contribution < 1.29 is 12.8 Å². The van der Waals surface area contributed by atoms with Crippen LogP contribution in [-0.4, -0.2) is 43.9 Å². The number of anilines is 1. The second-order valence-corrected chi connectivity index (χ2v) is 11.0. The zero-order valence-corrected chi connectivity index (χ0v) is 20.0. The number of halogens is 4. The third kappa shape index (κ3) is 4.99. The number of sulfonamides is 1. The van der Waals surface area contributed by atoms with Crippen LogP contribution in [0, 0.1) is 5.82 Å². The van der Waals surface area contributed by atoms with E-state index >= 15 is 0 Å². The average molecular weight is 521 g/mol. The second kappa shape index (κ2) is 9.21. The second-order valence-electron chi connectivity index (χ2n) is 7.01. The van der Waals surface area contributed by atoms with Crippen molar-refractivity contribution >= 4 is 61.3 Å². The van der Waals surface area contributed by atoms with E-state index < -0.39 is 15.8 Å². The van der Waals surface area contributed by atoms with Crippen molar-refractivity contribution in [3.05, 3.63) is 73.9 Å². The van der Waals surface area contributed by atoms with Crippen LogP contribution in [0.2, 0.25) is 15.1 Å². The Morgan fingerprint density at radius 2 is 1.71 bits per heavy atom. The molecular formula is C20H17Cl3FN3O2S2. The number of rotatable bonds is 5. The molecule has 1 aliphatic heterocycles. The smallest absolute Gasteiger partial charge is 0.243 e. The minimum atomic E-state index is -3.73. The first-order chi connectivity index (χ1) is 14.7. The summed E-state index contributed by atoms with van der Waals surface area (Å²) in [5.41, 5.74) is 1.93. The first-order valence-corrected chi connectivity index (χ1v) is 12.8. The molecular weight excluding hydrogens is 504 g/mol. The number of aromatic nitrogens is 1. The maximum absolute atomic E-state index is 13.4. The molecule has 2 aromatic carbocycles. The standard InChI is InChI=1S/C20H17Cl3FN3O2S2/c21-16-3-1-13(10-17(16)22)9-14-12-30-20(25-14)26-5-7-27(8-6-26)31(28,29)15-2-4-19(24)18(23)11-15/h1-4,10-12H,5-9H2. The highest BCUT2D eigenvalue weighted by Crippen LogP contribution is 2.28. The fraction of sp³-hybridized carbons (Fsp3) is 0.250. The SMILES string of the molecule is O=S(=O)(c1ccc(F)c(Cl)c1)N1CCN(c2nc(Cc3ccc(Cl)c(Cl)c3)cs2)CC1. The number of piperazine rings is 1. The van der Waals surface area contributed by atoms with Gasteiger partial charge >= 0.3 is 0 Å². The molecule has 1 aromatic heterocycles. The molecule has 31 heavy (non-hydrogen) atoms. The van der Waals surface area contributed by atoms with Gasteiger partial charge in [0.25, 0.3) is 0 Å². The minimum Gasteiger partial charge on any atom is -0.345 e. The van der Waals surface area contributed by atoms with E-state index in [9.17, 15) is 12.8 Å². The van der Waals surface area contributed by atoms with E-state index in [2.05, 4.69) is 9.88 Å². The molecule has 1 aliphatic rings. The molecule has 0 radical (unpaired) electrons. The molecule has 0 aliphatic carbocycles. The highest BCUT2D eigenvalue weighted by Gasteiger charge is 2.29. The molecule has 11 heteroatoms. The first-order valence-electron chi connectivity index (χ1n) is 9.32. The zero-order valence-electron chi connectivity index (χ0n) is 16.1. The van der Waals surface area contributed by atoms with Crippen LogP contribution in [0.3, 0.4) is 0 Å². The van der Waals surface area contributed by atoms with Crippen LogP contribution in [-0.2, 0) is 16.4 Å². The molecule has 0 N–H and O–H groups in total. The molecule has 0 unspecified atom stereocenters. The zero-order chi connectivity index (χ0) is 22.2. The Hall–Kier alpha value is -1.42. The minimum absolute atomic E-state index is 0.00879. The molecule has 1 fully saturated rings. The Morgan fingerprint density at radius 1 is 0.968 bits per heavy atom. The van der Waals surface area contributed by atoms with Crippen molar-refractivity contribution in [2.45, 2.75) is 11.3 Å². The van der Waals surface area contributed by atoms with E-state index in [1.165, 1.54) is 21.7 Å². The molecule has 2 heterocycles. The van der Waals surface area contributed by atoms with Crippen LogP contribution in [0.4, 0.5) is 9.52 Å². The topological polar surface area (TPSA) is 53.5 Å². The van der Waals surface area contributed by atoms with Gasteiger partial charge in [-0.25, -0.2) is 17.8 Å². The third-order valence-corrected chi connectivity index (χ3v) is 8.82. The molecule has 1 saturated heterocycles. The Morgan fingerprint density at radius 3 is 2.39 bits per heavy atom. The number of thiazole rings is 1. The largest absolute Gasteiger partial charge is 0.345 e. The van der Waals surface area contributed by atoms with Crippen molar-refractivity contribution in [3.63, 3.8) is 0 Å². The van der Waals surface area contributed by atoms with Gasteiger partial charge in [0.2, 0.25) is 10.0 Å². The van der Waals surface area contributed by atoms with Crippen molar-refractivity contribution in [3.8, 4) is 0 Å². The molecule has 0 amide bonds. The van der Waals surface area contributed by atoms with Gasteiger partial charge in [0.15, 0.2) is 5.13 Å². The van der Waals surface area contributed by atoms with Crippen molar-refractivity contribution in [1.29, 1.82) is 0 Å². The van der Waals surface area contributed by atoms with Crippen LogP contribution in [0.15, 0.2) is 46.7 Å². The predicted molar refractivity (Wildman–Crippen MR) is 124 cm³/mol. The van der Waals surface area contributed by atoms with E-state index in [1.807, 2.05) is 17.5 Å². The predicted octanol–water partition coefficient (Wildman–Crippen LogP) is 5.34. The van der Waals surface area contributed by atoms with Crippen LogP contribution in [0.1, 0.15) is 11.3 Å². The summed E-state index contributed by atoms with van der Waals surface area (Å²) in [6.07, 6.45) is 0.632. The van der Waals surface area contributed by atoms with Crippen LogP contribution >= 0.6 is 46.1 Å². The number of hydrogen-bond donors (Lipinski definition) is 0. The van der Waals surface area contributed by atoms with Crippen molar-refractivity contribution in [2.75, 3.05) is 31.1 Å². The number of nitrogens with zero attached hydrogens (tertiary/aromatic N) is 3. The molecule has 0 bridgehead atoms. The van der Waals surface area contributed by atoms with E-state index in [1.54, 1.807) is 6.07 Å². The lowest BCUT2D eigenvalue weighted by Crippen LogP contribution is -2.48. The van der Waals surface area contributed by atoms with Gasteiger partial charge in [-0.2, -0.15) is 4.31 Å². The summed E-state index contributed by atoms with van der Waals surface area (Å²) < 4.78 is 40.5. The molecule has 0 saturated carbocycles. The fourth-order valence-corrected chi connectivity index (χ4v) is 6.18. The van der Waals surface area contributed by atoms with E-state index in [0.717, 1.165) is 28.5 Å². The van der Waals surface area contributed by atoms with Gasteiger partial charge in [-0.05, 0) is 35.9 Å². The molecule has 0 spiro atoms. The normalized spacial score (nSPS) is 15.4. The summed E-state index contributed by atoms with van der Waals surface area (Å²) in [5, 5.41) is 3.64. The lowest BCUT2D eigenvalue weighted by Gasteiger charge is -2.33. The number of benzene rings is 2. The van der Waals surface area contributed by atoms with Gasteiger partial charge in [0.1, 0.15) is 5.82 Å². The monoisotopic (exact) mass is 519 g/mol. The highest BCUT2D eigenvalue weighted by atomic mass is 35.5. The fourth-order valence-electron chi connectivity index (χ4n) is 3.29. The Kier molecular flexibility index (Phi) is 6.76. The van der Waals surface area contributed by atoms with E-state index in [0.29, 0.717) is 42.6 Å². The summed E-state index contributed by atoms with van der Waals surface area (Å²) in [6.45, 7) is 1.62. The molecule has 164 valence electrons. The quantitative estimate of drug-likeness (QED) is 0.455. The lowest BCUT2D eigenvalue weighted by atomic mass is 10.1. The van der Waals surface area contributed by atoms with Gasteiger partial charge < -0.3 is 4.90 Å². The average Bonchev–Trinajstić information content (AvgIpc) is 3.21. The van der Waals surface area contributed by atoms with Gasteiger partial charge in [-0.1, -0.05) is 40.9 Å². The highest BCUT2D eigenvalue weighted by molar-refractivity contribution is 7.89. The van der Waals surface area contributed by atoms with Gasteiger partial charge in [-0.15, -0.1) is 11.3 Å². The summed E-state index contributed by atoms with van der Waals surface area (Å²) in [7, 11) is -3.73. The van der Waals surface area contributed by atoms with Crippen LogP contribution in [0.5, 0.6) is 0 Å². The maximum atomic E-state index is 13.4. The molecule has 5 nitrogen and oxygen atoms in total. The molecule has 3 aromatic rings. The van der Waals surface area contributed by atoms with Crippen molar-refractivity contribution in [1.82, 2.24) is 9.29 Å². The first kappa shape index (κ1) is 22.8. The van der Waals surface area contributed by atoms with Gasteiger partial charge in [0.05, 0.1) is 25.7 Å². The van der Waals surface area contributed by atoms with Crippen molar-refractivity contribution in [2.24, 2.45) is 0 Å². The summed E-state index contributed by atoms with van der Waals surface area (Å²) in [6, 6.07) is 8.96. The Bertz CT molecular complexity index is 1210. The van der Waals surface area contributed by atoms with Crippen LogP contribution < -0.4 is 4.90 Å². The summed E-state index contributed by atoms with van der Waals surface area (Å²) >= 11 is 19.3. The third-order valence-electron chi connectivity index (χ3n) is 4.95. The Balaban J connectivity index is 1.41. The van der Waals surface area contributed by atoms with Gasteiger partial charge in [0, 0.05) is 38.0 Å². The van der Waals surface area contributed by atoms with E-state index in [4.69, 9.17) is 34.8 Å². The Labute approximate surface area is 199 Å².